The van der Waals surface area contributed by atoms with Crippen LogP contribution in [0.15, 0.2) is 48.5 Å². The van der Waals surface area contributed by atoms with Crippen LogP contribution in [0.3, 0.4) is 0 Å². The van der Waals surface area contributed by atoms with Crippen molar-refractivity contribution in [2.45, 2.75) is 25.4 Å². The van der Waals surface area contributed by atoms with E-state index in [1.165, 1.54) is 11.1 Å². The Morgan fingerprint density at radius 2 is 1.52 bits per heavy atom. The van der Waals surface area contributed by atoms with E-state index in [2.05, 4.69) is 40.2 Å². The number of hydrogen-bond acceptors (Lipinski definition) is 0. The van der Waals surface area contributed by atoms with Crippen LogP contribution >= 0.6 is 15.9 Å². The third kappa shape index (κ3) is 4.34. The van der Waals surface area contributed by atoms with Crippen molar-refractivity contribution in [3.05, 3.63) is 70.8 Å². The molecule has 0 aliphatic carbocycles. The van der Waals surface area contributed by atoms with E-state index in [4.69, 9.17) is 0 Å². The van der Waals surface area contributed by atoms with Crippen LogP contribution in [-0.4, -0.2) is 5.33 Å². The third-order valence-electron chi connectivity index (χ3n) is 3.50. The summed E-state index contributed by atoms with van der Waals surface area (Å²) in [5.74, 6) is 0.252. The van der Waals surface area contributed by atoms with Crippen molar-refractivity contribution >= 4 is 15.9 Å². The second-order valence-corrected chi connectivity index (χ2v) is 5.81. The standard InChI is InChI=1S/C17H16BrF3/c1-12-2-6-14(7-3-12)15(11-18)10-13-4-8-16(9-5-13)17(19,20)21/h2-9,15H,10-11H2,1H3. The van der Waals surface area contributed by atoms with Crippen molar-refractivity contribution in [1.82, 2.24) is 0 Å². The van der Waals surface area contributed by atoms with E-state index in [1.54, 1.807) is 12.1 Å². The first-order chi connectivity index (χ1) is 9.90. The molecular formula is C17H16BrF3. The summed E-state index contributed by atoms with van der Waals surface area (Å²) in [6.07, 6.45) is -3.56. The smallest absolute Gasteiger partial charge is 0.166 e. The fourth-order valence-electron chi connectivity index (χ4n) is 2.21. The van der Waals surface area contributed by atoms with Crippen molar-refractivity contribution in [2.24, 2.45) is 0 Å². The first-order valence-electron chi connectivity index (χ1n) is 6.69. The van der Waals surface area contributed by atoms with Gasteiger partial charge in [0.15, 0.2) is 0 Å². The van der Waals surface area contributed by atoms with Crippen LogP contribution in [0.1, 0.15) is 28.2 Å². The molecule has 0 heterocycles. The topological polar surface area (TPSA) is 0 Å². The minimum atomic E-state index is -4.27. The highest BCUT2D eigenvalue weighted by atomic mass is 79.9. The zero-order chi connectivity index (χ0) is 15.5. The molecule has 112 valence electrons. The maximum absolute atomic E-state index is 12.5. The second kappa shape index (κ2) is 6.65. The number of rotatable bonds is 4. The normalized spacial score (nSPS) is 13.2. The fraction of sp³-hybridized carbons (Fsp3) is 0.294. The van der Waals surface area contributed by atoms with E-state index in [0.29, 0.717) is 6.42 Å². The van der Waals surface area contributed by atoms with Gasteiger partial charge in [-0.1, -0.05) is 57.9 Å². The fourth-order valence-corrected chi connectivity index (χ4v) is 2.82. The Labute approximate surface area is 131 Å². The lowest BCUT2D eigenvalue weighted by molar-refractivity contribution is -0.137. The average molecular weight is 357 g/mol. The molecule has 0 N–H and O–H groups in total. The van der Waals surface area contributed by atoms with Gasteiger partial charge in [-0.3, -0.25) is 0 Å². The Morgan fingerprint density at radius 1 is 0.952 bits per heavy atom. The predicted molar refractivity (Wildman–Crippen MR) is 82.9 cm³/mol. The summed E-state index contributed by atoms with van der Waals surface area (Å²) in [7, 11) is 0. The van der Waals surface area contributed by atoms with Crippen LogP contribution in [0.4, 0.5) is 13.2 Å². The summed E-state index contributed by atoms with van der Waals surface area (Å²) in [4.78, 5) is 0. The molecule has 1 atom stereocenters. The molecule has 2 aromatic rings. The molecule has 0 bridgehead atoms. The van der Waals surface area contributed by atoms with Gasteiger partial charge in [-0.2, -0.15) is 13.2 Å². The zero-order valence-corrected chi connectivity index (χ0v) is 13.2. The molecule has 0 nitrogen and oxygen atoms in total. The Bertz CT molecular complexity index is 570. The molecule has 2 aromatic carbocycles. The molecule has 0 saturated carbocycles. The van der Waals surface area contributed by atoms with Crippen LogP contribution in [0.5, 0.6) is 0 Å². The number of aryl methyl sites for hydroxylation is 1. The van der Waals surface area contributed by atoms with E-state index < -0.39 is 11.7 Å². The molecule has 0 radical (unpaired) electrons. The van der Waals surface area contributed by atoms with Gasteiger partial charge in [0.05, 0.1) is 5.56 Å². The molecular weight excluding hydrogens is 341 g/mol. The summed E-state index contributed by atoms with van der Waals surface area (Å²) in [6, 6.07) is 13.7. The highest BCUT2D eigenvalue weighted by molar-refractivity contribution is 9.09. The second-order valence-electron chi connectivity index (χ2n) is 5.16. The van der Waals surface area contributed by atoms with E-state index in [9.17, 15) is 13.2 Å². The van der Waals surface area contributed by atoms with Crippen molar-refractivity contribution in [3.8, 4) is 0 Å². The van der Waals surface area contributed by atoms with Gasteiger partial charge in [-0.15, -0.1) is 0 Å². The first-order valence-corrected chi connectivity index (χ1v) is 7.81. The largest absolute Gasteiger partial charge is 0.416 e. The minimum Gasteiger partial charge on any atom is -0.166 e. The minimum absolute atomic E-state index is 0.252. The van der Waals surface area contributed by atoms with Gasteiger partial charge in [0.2, 0.25) is 0 Å². The van der Waals surface area contributed by atoms with Gasteiger partial charge in [-0.05, 0) is 42.5 Å². The van der Waals surface area contributed by atoms with E-state index in [-0.39, 0.29) is 5.92 Å². The highest BCUT2D eigenvalue weighted by Crippen LogP contribution is 2.30. The summed E-state index contributed by atoms with van der Waals surface area (Å²) in [6.45, 7) is 2.03. The van der Waals surface area contributed by atoms with Gasteiger partial charge in [0.1, 0.15) is 0 Å². The van der Waals surface area contributed by atoms with Crippen molar-refractivity contribution in [2.75, 3.05) is 5.33 Å². The predicted octanol–water partition coefficient (Wildman–Crippen LogP) is 5.74. The lowest BCUT2D eigenvalue weighted by atomic mass is 9.93. The van der Waals surface area contributed by atoms with Gasteiger partial charge in [-0.25, -0.2) is 0 Å². The summed E-state index contributed by atoms with van der Waals surface area (Å²) < 4.78 is 37.6. The number of hydrogen-bond donors (Lipinski definition) is 0. The monoisotopic (exact) mass is 356 g/mol. The van der Waals surface area contributed by atoms with E-state index in [1.807, 2.05) is 6.92 Å². The number of alkyl halides is 4. The summed E-state index contributed by atoms with van der Waals surface area (Å²) in [5.41, 5.74) is 2.70. The molecule has 0 saturated heterocycles. The van der Waals surface area contributed by atoms with Gasteiger partial charge in [0, 0.05) is 5.33 Å². The molecule has 2 rings (SSSR count). The molecule has 0 amide bonds. The van der Waals surface area contributed by atoms with E-state index >= 15 is 0 Å². The molecule has 21 heavy (non-hydrogen) atoms. The van der Waals surface area contributed by atoms with Crippen LogP contribution in [0.25, 0.3) is 0 Å². The summed E-state index contributed by atoms with van der Waals surface area (Å²) >= 11 is 3.49. The van der Waals surface area contributed by atoms with Gasteiger partial charge >= 0.3 is 6.18 Å². The molecule has 1 unspecified atom stereocenters. The first kappa shape index (κ1) is 16.1. The van der Waals surface area contributed by atoms with Crippen molar-refractivity contribution in [1.29, 1.82) is 0 Å². The van der Waals surface area contributed by atoms with Gasteiger partial charge in [0.25, 0.3) is 0 Å². The molecule has 0 fully saturated rings. The molecule has 0 aromatic heterocycles. The average Bonchev–Trinajstić information content (AvgIpc) is 2.45. The lowest BCUT2D eigenvalue weighted by Crippen LogP contribution is -2.07. The SMILES string of the molecule is Cc1ccc(C(CBr)Cc2ccc(C(F)(F)F)cc2)cc1. The molecule has 0 spiro atoms. The molecule has 4 heteroatoms. The quantitative estimate of drug-likeness (QED) is 0.613. The Balaban J connectivity index is 2.13. The number of benzene rings is 2. The van der Waals surface area contributed by atoms with Crippen LogP contribution in [0, 0.1) is 6.92 Å². The number of halogens is 4. The van der Waals surface area contributed by atoms with Crippen LogP contribution in [0.2, 0.25) is 0 Å². The van der Waals surface area contributed by atoms with E-state index in [0.717, 1.165) is 23.0 Å². The van der Waals surface area contributed by atoms with Crippen LogP contribution < -0.4 is 0 Å². The van der Waals surface area contributed by atoms with Crippen molar-refractivity contribution < 1.29 is 13.2 Å². The maximum Gasteiger partial charge on any atom is 0.416 e. The third-order valence-corrected chi connectivity index (χ3v) is 4.28. The Hall–Kier alpha value is -1.29. The molecule has 0 aliphatic rings. The highest BCUT2D eigenvalue weighted by Gasteiger charge is 2.30. The zero-order valence-electron chi connectivity index (χ0n) is 11.6. The Kier molecular flexibility index (Phi) is 5.09. The van der Waals surface area contributed by atoms with Gasteiger partial charge < -0.3 is 0 Å². The lowest BCUT2D eigenvalue weighted by Gasteiger charge is -2.15. The summed E-state index contributed by atoms with van der Waals surface area (Å²) in [5, 5.41) is 0.775. The van der Waals surface area contributed by atoms with Crippen LogP contribution in [-0.2, 0) is 12.6 Å². The maximum atomic E-state index is 12.5. The Morgan fingerprint density at radius 3 is 2.00 bits per heavy atom. The van der Waals surface area contributed by atoms with Crippen molar-refractivity contribution in [3.63, 3.8) is 0 Å². The molecule has 0 aliphatic heterocycles.